The first-order valence-electron chi connectivity index (χ1n) is 7.57. The molecule has 1 aliphatic carbocycles. The van der Waals surface area contributed by atoms with E-state index in [0.29, 0.717) is 6.04 Å². The van der Waals surface area contributed by atoms with Gasteiger partial charge in [0.15, 0.2) is 0 Å². The van der Waals surface area contributed by atoms with Gasteiger partial charge in [-0.15, -0.1) is 11.3 Å². The van der Waals surface area contributed by atoms with E-state index in [0.717, 1.165) is 29.6 Å². The standard InChI is InChI=1S/C17H22N2S/c1-3-10-18-12(2)16-11-20-17(19-16)15-8-6-14(7-9-15)13-4-5-13/h6-9,11-13,18H,3-5,10H2,1-2H3. The number of benzene rings is 1. The lowest BCUT2D eigenvalue weighted by Gasteiger charge is -2.09. The second kappa shape index (κ2) is 6.06. The van der Waals surface area contributed by atoms with Crippen LogP contribution in [0.25, 0.3) is 10.6 Å². The minimum Gasteiger partial charge on any atom is -0.309 e. The molecule has 0 saturated heterocycles. The lowest BCUT2D eigenvalue weighted by molar-refractivity contribution is 0.561. The second-order valence-corrected chi connectivity index (χ2v) is 6.51. The van der Waals surface area contributed by atoms with Gasteiger partial charge in [-0.1, -0.05) is 31.2 Å². The van der Waals surface area contributed by atoms with E-state index >= 15 is 0 Å². The van der Waals surface area contributed by atoms with Gasteiger partial charge in [0.1, 0.15) is 5.01 Å². The number of aromatic nitrogens is 1. The summed E-state index contributed by atoms with van der Waals surface area (Å²) in [6, 6.07) is 9.33. The Morgan fingerprint density at radius 3 is 2.70 bits per heavy atom. The molecule has 1 saturated carbocycles. The molecule has 2 aromatic rings. The number of hydrogen-bond donors (Lipinski definition) is 1. The van der Waals surface area contributed by atoms with E-state index in [1.165, 1.54) is 24.0 Å². The van der Waals surface area contributed by atoms with Gasteiger partial charge < -0.3 is 5.32 Å². The molecule has 1 fully saturated rings. The summed E-state index contributed by atoms with van der Waals surface area (Å²) in [4.78, 5) is 4.78. The Kier molecular flexibility index (Phi) is 4.18. The van der Waals surface area contributed by atoms with Gasteiger partial charge in [0.05, 0.1) is 5.69 Å². The lowest BCUT2D eigenvalue weighted by Crippen LogP contribution is -2.19. The Morgan fingerprint density at radius 2 is 2.05 bits per heavy atom. The molecule has 0 aliphatic heterocycles. The average Bonchev–Trinajstić information content (AvgIpc) is 3.22. The SMILES string of the molecule is CCCNC(C)c1csc(-c2ccc(C3CC3)cc2)n1. The van der Waals surface area contributed by atoms with E-state index < -0.39 is 0 Å². The van der Waals surface area contributed by atoms with Gasteiger partial charge in [-0.05, 0) is 44.2 Å². The van der Waals surface area contributed by atoms with Crippen molar-refractivity contribution in [3.8, 4) is 10.6 Å². The third-order valence-corrected chi connectivity index (χ3v) is 4.78. The third-order valence-electron chi connectivity index (χ3n) is 3.87. The van der Waals surface area contributed by atoms with Crippen LogP contribution < -0.4 is 5.32 Å². The Labute approximate surface area is 125 Å². The summed E-state index contributed by atoms with van der Waals surface area (Å²) in [5.74, 6) is 0.828. The molecule has 1 aromatic carbocycles. The summed E-state index contributed by atoms with van der Waals surface area (Å²) in [5.41, 5.74) is 3.89. The number of nitrogens with one attached hydrogen (secondary N) is 1. The largest absolute Gasteiger partial charge is 0.309 e. The summed E-state index contributed by atoms with van der Waals surface area (Å²) < 4.78 is 0. The maximum Gasteiger partial charge on any atom is 0.123 e. The summed E-state index contributed by atoms with van der Waals surface area (Å²) in [6.07, 6.45) is 3.88. The molecule has 0 amide bonds. The van der Waals surface area contributed by atoms with Crippen molar-refractivity contribution in [1.29, 1.82) is 0 Å². The molecule has 1 heterocycles. The first-order chi connectivity index (χ1) is 9.78. The highest BCUT2D eigenvalue weighted by atomic mass is 32.1. The molecular formula is C17H22N2S. The van der Waals surface area contributed by atoms with E-state index in [9.17, 15) is 0 Å². The van der Waals surface area contributed by atoms with Gasteiger partial charge in [0.25, 0.3) is 0 Å². The van der Waals surface area contributed by atoms with Gasteiger partial charge in [0.2, 0.25) is 0 Å². The highest BCUT2D eigenvalue weighted by molar-refractivity contribution is 7.13. The molecule has 0 bridgehead atoms. The Balaban J connectivity index is 1.71. The highest BCUT2D eigenvalue weighted by Crippen LogP contribution is 2.40. The summed E-state index contributed by atoms with van der Waals surface area (Å²) in [7, 11) is 0. The van der Waals surface area contributed by atoms with Crippen LogP contribution in [0, 0.1) is 0 Å². The van der Waals surface area contributed by atoms with Crippen molar-refractivity contribution in [2.45, 2.75) is 45.1 Å². The zero-order valence-corrected chi connectivity index (χ0v) is 13.0. The Bertz CT molecular complexity index is 555. The molecule has 1 N–H and O–H groups in total. The smallest absolute Gasteiger partial charge is 0.123 e. The summed E-state index contributed by atoms with van der Waals surface area (Å²) >= 11 is 1.74. The zero-order valence-electron chi connectivity index (χ0n) is 12.2. The molecule has 3 heteroatoms. The first-order valence-corrected chi connectivity index (χ1v) is 8.45. The highest BCUT2D eigenvalue weighted by Gasteiger charge is 2.23. The predicted octanol–water partition coefficient (Wildman–Crippen LogP) is 4.75. The number of hydrogen-bond acceptors (Lipinski definition) is 3. The van der Waals surface area contributed by atoms with Gasteiger partial charge in [-0.25, -0.2) is 4.98 Å². The van der Waals surface area contributed by atoms with E-state index in [2.05, 4.69) is 48.8 Å². The lowest BCUT2D eigenvalue weighted by atomic mass is 10.1. The molecule has 3 rings (SSSR count). The quantitative estimate of drug-likeness (QED) is 0.829. The molecule has 1 aromatic heterocycles. The molecule has 1 aliphatic rings. The normalized spacial score (nSPS) is 16.3. The van der Waals surface area contributed by atoms with E-state index in [1.807, 2.05) is 0 Å². The summed E-state index contributed by atoms with van der Waals surface area (Å²) in [6.45, 7) is 5.42. The fourth-order valence-electron chi connectivity index (χ4n) is 2.40. The zero-order chi connectivity index (χ0) is 13.9. The molecule has 106 valence electrons. The fourth-order valence-corrected chi connectivity index (χ4v) is 3.32. The van der Waals surface area contributed by atoms with Gasteiger partial charge in [-0.3, -0.25) is 0 Å². The Hall–Kier alpha value is -1.19. The van der Waals surface area contributed by atoms with E-state index in [4.69, 9.17) is 4.98 Å². The molecule has 2 nitrogen and oxygen atoms in total. The van der Waals surface area contributed by atoms with Crippen molar-refractivity contribution in [1.82, 2.24) is 10.3 Å². The van der Waals surface area contributed by atoms with Gasteiger partial charge in [0, 0.05) is 17.0 Å². The van der Waals surface area contributed by atoms with Crippen molar-refractivity contribution in [3.05, 3.63) is 40.9 Å². The summed E-state index contributed by atoms with van der Waals surface area (Å²) in [5, 5.41) is 6.80. The monoisotopic (exact) mass is 286 g/mol. The number of nitrogens with zero attached hydrogens (tertiary/aromatic N) is 1. The van der Waals surface area contributed by atoms with Crippen LogP contribution in [0.3, 0.4) is 0 Å². The van der Waals surface area contributed by atoms with Crippen molar-refractivity contribution in [3.63, 3.8) is 0 Å². The minimum atomic E-state index is 0.339. The van der Waals surface area contributed by atoms with Crippen LogP contribution in [-0.2, 0) is 0 Å². The van der Waals surface area contributed by atoms with Gasteiger partial charge in [-0.2, -0.15) is 0 Å². The number of rotatable bonds is 6. The van der Waals surface area contributed by atoms with Crippen LogP contribution in [0.1, 0.15) is 56.3 Å². The molecule has 0 radical (unpaired) electrons. The average molecular weight is 286 g/mol. The molecule has 1 atom stereocenters. The third kappa shape index (κ3) is 3.10. The van der Waals surface area contributed by atoms with Crippen molar-refractivity contribution in [2.75, 3.05) is 6.54 Å². The van der Waals surface area contributed by atoms with E-state index in [1.54, 1.807) is 11.3 Å². The van der Waals surface area contributed by atoms with Crippen LogP contribution in [0.5, 0.6) is 0 Å². The van der Waals surface area contributed by atoms with Crippen molar-refractivity contribution in [2.24, 2.45) is 0 Å². The Morgan fingerprint density at radius 1 is 1.30 bits per heavy atom. The molecular weight excluding hydrogens is 264 g/mol. The second-order valence-electron chi connectivity index (χ2n) is 5.65. The van der Waals surface area contributed by atoms with Crippen LogP contribution in [0.4, 0.5) is 0 Å². The molecule has 0 spiro atoms. The van der Waals surface area contributed by atoms with Crippen LogP contribution in [0.15, 0.2) is 29.6 Å². The predicted molar refractivity (Wildman–Crippen MR) is 86.2 cm³/mol. The van der Waals surface area contributed by atoms with Crippen LogP contribution >= 0.6 is 11.3 Å². The number of thiazole rings is 1. The van der Waals surface area contributed by atoms with Crippen LogP contribution in [0.2, 0.25) is 0 Å². The molecule has 1 unspecified atom stereocenters. The first kappa shape index (κ1) is 13.8. The van der Waals surface area contributed by atoms with E-state index in [-0.39, 0.29) is 0 Å². The van der Waals surface area contributed by atoms with Crippen LogP contribution in [-0.4, -0.2) is 11.5 Å². The van der Waals surface area contributed by atoms with Gasteiger partial charge >= 0.3 is 0 Å². The minimum absolute atomic E-state index is 0.339. The maximum absolute atomic E-state index is 4.78. The van der Waals surface area contributed by atoms with Crippen molar-refractivity contribution < 1.29 is 0 Å². The van der Waals surface area contributed by atoms with Crippen molar-refractivity contribution >= 4 is 11.3 Å². The maximum atomic E-state index is 4.78. The fraction of sp³-hybridized carbons (Fsp3) is 0.471. The molecule has 20 heavy (non-hydrogen) atoms. The topological polar surface area (TPSA) is 24.9 Å².